The van der Waals surface area contributed by atoms with Gasteiger partial charge in [0.2, 0.25) is 0 Å². The van der Waals surface area contributed by atoms with Gasteiger partial charge in [0.1, 0.15) is 18.1 Å². The summed E-state index contributed by atoms with van der Waals surface area (Å²) >= 11 is 0. The number of nitrogens with one attached hydrogen (secondary N) is 1. The van der Waals surface area contributed by atoms with Gasteiger partial charge in [0.25, 0.3) is 0 Å². The normalized spacial score (nSPS) is 12.3. The van der Waals surface area contributed by atoms with Crippen LogP contribution in [0.15, 0.2) is 53.1 Å². The van der Waals surface area contributed by atoms with E-state index in [1.165, 1.54) is 0 Å². The summed E-state index contributed by atoms with van der Waals surface area (Å²) in [6.07, 6.45) is 1.69. The van der Waals surface area contributed by atoms with Crippen molar-refractivity contribution in [1.29, 1.82) is 0 Å². The third kappa shape index (κ3) is 3.64. The molecule has 1 N–H and O–H groups in total. The quantitative estimate of drug-likeness (QED) is 0.776. The molecule has 0 aliphatic heterocycles. The zero-order valence-electron chi connectivity index (χ0n) is 9.93. The summed E-state index contributed by atoms with van der Waals surface area (Å²) in [6, 6.07) is 13.9. The van der Waals surface area contributed by atoms with E-state index in [0.29, 0.717) is 6.61 Å². The zero-order valence-corrected chi connectivity index (χ0v) is 9.93. The molecule has 0 bridgehead atoms. The molecule has 1 heterocycles. The monoisotopic (exact) mass is 231 g/mol. The van der Waals surface area contributed by atoms with Gasteiger partial charge >= 0.3 is 0 Å². The van der Waals surface area contributed by atoms with E-state index in [9.17, 15) is 0 Å². The molecule has 0 amide bonds. The number of benzene rings is 1. The van der Waals surface area contributed by atoms with E-state index >= 15 is 0 Å². The van der Waals surface area contributed by atoms with Crippen molar-refractivity contribution in [2.75, 3.05) is 13.2 Å². The molecule has 2 rings (SSSR count). The largest absolute Gasteiger partial charge is 0.492 e. The molecule has 3 nitrogen and oxygen atoms in total. The Kier molecular flexibility index (Phi) is 4.22. The van der Waals surface area contributed by atoms with Gasteiger partial charge in [-0.25, -0.2) is 0 Å². The fourth-order valence-electron chi connectivity index (χ4n) is 1.60. The third-order valence-electron chi connectivity index (χ3n) is 2.53. The molecule has 2 aromatic rings. The minimum Gasteiger partial charge on any atom is -0.492 e. The lowest BCUT2D eigenvalue weighted by Gasteiger charge is -2.11. The molecule has 90 valence electrons. The third-order valence-corrected chi connectivity index (χ3v) is 2.53. The Hall–Kier alpha value is -1.74. The minimum atomic E-state index is 0.212. The van der Waals surface area contributed by atoms with Crippen LogP contribution in [-0.4, -0.2) is 13.2 Å². The Morgan fingerprint density at radius 1 is 1.18 bits per heavy atom. The number of ether oxygens (including phenoxy) is 1. The molecule has 0 saturated carbocycles. The van der Waals surface area contributed by atoms with Gasteiger partial charge in [0.15, 0.2) is 0 Å². The first kappa shape index (κ1) is 11.7. The van der Waals surface area contributed by atoms with Crippen LogP contribution >= 0.6 is 0 Å². The molecule has 0 radical (unpaired) electrons. The number of hydrogen-bond acceptors (Lipinski definition) is 3. The van der Waals surface area contributed by atoms with Crippen molar-refractivity contribution in [3.63, 3.8) is 0 Å². The van der Waals surface area contributed by atoms with E-state index in [1.54, 1.807) is 6.26 Å². The maximum Gasteiger partial charge on any atom is 0.120 e. The average Bonchev–Trinajstić information content (AvgIpc) is 2.89. The van der Waals surface area contributed by atoms with E-state index in [-0.39, 0.29) is 6.04 Å². The average molecular weight is 231 g/mol. The SMILES string of the molecule is C[C@H](NCCOc1ccccc1)c1ccco1. The highest BCUT2D eigenvalue weighted by atomic mass is 16.5. The van der Waals surface area contributed by atoms with E-state index in [2.05, 4.69) is 12.2 Å². The second-order valence-corrected chi connectivity index (χ2v) is 3.85. The molecule has 0 spiro atoms. The van der Waals surface area contributed by atoms with Crippen molar-refractivity contribution in [3.05, 3.63) is 54.5 Å². The van der Waals surface area contributed by atoms with E-state index in [0.717, 1.165) is 18.1 Å². The second kappa shape index (κ2) is 6.11. The molecule has 0 aliphatic rings. The van der Waals surface area contributed by atoms with Gasteiger partial charge < -0.3 is 14.5 Å². The predicted octanol–water partition coefficient (Wildman–Crippen LogP) is 3.01. The highest BCUT2D eigenvalue weighted by Gasteiger charge is 2.06. The lowest BCUT2D eigenvalue weighted by molar-refractivity contribution is 0.302. The molecular formula is C14H17NO2. The maximum atomic E-state index is 5.58. The first-order valence-electron chi connectivity index (χ1n) is 5.81. The molecule has 0 aliphatic carbocycles. The first-order chi connectivity index (χ1) is 8.36. The van der Waals surface area contributed by atoms with Gasteiger partial charge in [-0.15, -0.1) is 0 Å². The van der Waals surface area contributed by atoms with Crippen molar-refractivity contribution in [2.45, 2.75) is 13.0 Å². The number of hydrogen-bond donors (Lipinski definition) is 1. The fraction of sp³-hybridized carbons (Fsp3) is 0.286. The van der Waals surface area contributed by atoms with Crippen LogP contribution in [0.3, 0.4) is 0 Å². The zero-order chi connectivity index (χ0) is 11.9. The van der Waals surface area contributed by atoms with Crippen molar-refractivity contribution in [1.82, 2.24) is 5.32 Å². The Labute approximate surface area is 101 Å². The molecular weight excluding hydrogens is 214 g/mol. The Morgan fingerprint density at radius 2 is 2.00 bits per heavy atom. The van der Waals surface area contributed by atoms with Crippen LogP contribution in [0.4, 0.5) is 0 Å². The van der Waals surface area contributed by atoms with E-state index in [4.69, 9.17) is 9.15 Å². The standard InChI is InChI=1S/C14H17NO2/c1-12(14-8-5-10-17-14)15-9-11-16-13-6-3-2-4-7-13/h2-8,10,12,15H,9,11H2,1H3/t12-/m0/s1. The van der Waals surface area contributed by atoms with Crippen LogP contribution in [0.1, 0.15) is 18.7 Å². The number of furan rings is 1. The molecule has 3 heteroatoms. The molecule has 1 atom stereocenters. The molecule has 17 heavy (non-hydrogen) atoms. The van der Waals surface area contributed by atoms with E-state index < -0.39 is 0 Å². The molecule has 1 aromatic carbocycles. The smallest absolute Gasteiger partial charge is 0.120 e. The maximum absolute atomic E-state index is 5.58. The van der Waals surface area contributed by atoms with Gasteiger partial charge in [-0.05, 0) is 31.2 Å². The predicted molar refractivity (Wildman–Crippen MR) is 67.1 cm³/mol. The highest BCUT2D eigenvalue weighted by molar-refractivity contribution is 5.20. The summed E-state index contributed by atoms with van der Waals surface area (Å²) in [4.78, 5) is 0. The molecule has 0 fully saturated rings. The minimum absolute atomic E-state index is 0.212. The second-order valence-electron chi connectivity index (χ2n) is 3.85. The number of para-hydroxylation sites is 1. The summed E-state index contributed by atoms with van der Waals surface area (Å²) < 4.78 is 10.9. The Balaban J connectivity index is 1.67. The van der Waals surface area contributed by atoms with Crippen molar-refractivity contribution < 1.29 is 9.15 Å². The first-order valence-corrected chi connectivity index (χ1v) is 5.81. The molecule has 0 unspecified atom stereocenters. The fourth-order valence-corrected chi connectivity index (χ4v) is 1.60. The summed E-state index contributed by atoms with van der Waals surface area (Å²) in [5, 5.41) is 3.34. The van der Waals surface area contributed by atoms with Crippen LogP contribution in [0.5, 0.6) is 5.75 Å². The van der Waals surface area contributed by atoms with Gasteiger partial charge in [0, 0.05) is 6.54 Å². The summed E-state index contributed by atoms with van der Waals surface area (Å²) in [5.74, 6) is 1.85. The Morgan fingerprint density at radius 3 is 2.71 bits per heavy atom. The summed E-state index contributed by atoms with van der Waals surface area (Å²) in [5.41, 5.74) is 0. The van der Waals surface area contributed by atoms with Crippen molar-refractivity contribution in [2.24, 2.45) is 0 Å². The van der Waals surface area contributed by atoms with Gasteiger partial charge in [-0.1, -0.05) is 18.2 Å². The van der Waals surface area contributed by atoms with E-state index in [1.807, 2.05) is 42.5 Å². The Bertz CT molecular complexity index is 411. The highest BCUT2D eigenvalue weighted by Crippen LogP contribution is 2.12. The van der Waals surface area contributed by atoms with Crippen LogP contribution in [0.2, 0.25) is 0 Å². The summed E-state index contributed by atoms with van der Waals surface area (Å²) in [6.45, 7) is 3.51. The van der Waals surface area contributed by atoms with Gasteiger partial charge in [-0.2, -0.15) is 0 Å². The van der Waals surface area contributed by atoms with Gasteiger partial charge in [0.05, 0.1) is 12.3 Å². The van der Waals surface area contributed by atoms with Crippen LogP contribution in [0.25, 0.3) is 0 Å². The van der Waals surface area contributed by atoms with Gasteiger partial charge in [-0.3, -0.25) is 0 Å². The lowest BCUT2D eigenvalue weighted by Crippen LogP contribution is -2.24. The lowest BCUT2D eigenvalue weighted by atomic mass is 10.2. The van der Waals surface area contributed by atoms with Crippen molar-refractivity contribution >= 4 is 0 Å². The molecule has 1 aromatic heterocycles. The molecule has 0 saturated heterocycles. The topological polar surface area (TPSA) is 34.4 Å². The van der Waals surface area contributed by atoms with Crippen LogP contribution < -0.4 is 10.1 Å². The number of rotatable bonds is 6. The van der Waals surface area contributed by atoms with Crippen LogP contribution in [0, 0.1) is 0 Å². The van der Waals surface area contributed by atoms with Crippen LogP contribution in [-0.2, 0) is 0 Å². The van der Waals surface area contributed by atoms with Crippen molar-refractivity contribution in [3.8, 4) is 5.75 Å². The summed E-state index contributed by atoms with van der Waals surface area (Å²) in [7, 11) is 0.